The van der Waals surface area contributed by atoms with Crippen molar-refractivity contribution in [2.45, 2.75) is 13.8 Å². The number of amides is 1. The number of halogens is 1. The quantitative estimate of drug-likeness (QED) is 0.370. The van der Waals surface area contributed by atoms with Crippen LogP contribution in [0.4, 0.5) is 10.1 Å². The van der Waals surface area contributed by atoms with E-state index in [9.17, 15) is 9.18 Å². The van der Waals surface area contributed by atoms with Gasteiger partial charge in [0, 0.05) is 12.2 Å². The molecule has 0 aromatic heterocycles. The van der Waals surface area contributed by atoms with Crippen LogP contribution in [-0.2, 0) is 4.79 Å². The third kappa shape index (κ3) is 2.97. The summed E-state index contributed by atoms with van der Waals surface area (Å²) in [6, 6.07) is 5.57. The van der Waals surface area contributed by atoms with E-state index in [1.54, 1.807) is 13.8 Å². The van der Waals surface area contributed by atoms with E-state index in [4.69, 9.17) is 10.9 Å². The smallest absolute Gasteiger partial charge is 0.237 e. The average molecular weight is 253 g/mol. The molecule has 0 aliphatic carbocycles. The van der Waals surface area contributed by atoms with E-state index < -0.39 is 5.92 Å². The minimum Gasteiger partial charge on any atom is -0.409 e. The van der Waals surface area contributed by atoms with Gasteiger partial charge in [-0.2, -0.15) is 0 Å². The van der Waals surface area contributed by atoms with Crippen molar-refractivity contribution >= 4 is 17.4 Å². The van der Waals surface area contributed by atoms with E-state index in [-0.39, 0.29) is 17.6 Å². The van der Waals surface area contributed by atoms with Crippen LogP contribution in [0.2, 0.25) is 0 Å². The van der Waals surface area contributed by atoms with Crippen molar-refractivity contribution in [3.8, 4) is 0 Å². The molecule has 1 aromatic rings. The summed E-state index contributed by atoms with van der Waals surface area (Å²) in [6.45, 7) is 3.75. The first-order valence-corrected chi connectivity index (χ1v) is 5.55. The predicted octanol–water partition coefficient (Wildman–Crippen LogP) is 1.56. The molecule has 0 heterocycles. The Balaban J connectivity index is 2.96. The number of nitrogens with two attached hydrogens (primary N) is 1. The van der Waals surface area contributed by atoms with Gasteiger partial charge in [-0.15, -0.1) is 0 Å². The molecule has 1 amide bonds. The summed E-state index contributed by atoms with van der Waals surface area (Å²) in [7, 11) is 0. The van der Waals surface area contributed by atoms with E-state index >= 15 is 0 Å². The molecule has 0 fully saturated rings. The number of carbonyl (C=O) groups is 1. The Bertz CT molecular complexity index is 445. The molecule has 98 valence electrons. The number of hydrogen-bond acceptors (Lipinski definition) is 3. The molecular weight excluding hydrogens is 237 g/mol. The van der Waals surface area contributed by atoms with E-state index in [0.717, 1.165) is 0 Å². The molecule has 0 spiro atoms. The Kier molecular flexibility index (Phi) is 4.65. The van der Waals surface area contributed by atoms with Crippen LogP contribution in [0.15, 0.2) is 29.4 Å². The molecule has 3 N–H and O–H groups in total. The maximum Gasteiger partial charge on any atom is 0.237 e. The number of hydrogen-bond donors (Lipinski definition) is 2. The van der Waals surface area contributed by atoms with Gasteiger partial charge in [-0.3, -0.25) is 4.79 Å². The Labute approximate surface area is 105 Å². The van der Waals surface area contributed by atoms with Gasteiger partial charge in [0.15, 0.2) is 5.84 Å². The number of amidine groups is 1. The zero-order chi connectivity index (χ0) is 13.7. The van der Waals surface area contributed by atoms with E-state index in [2.05, 4.69) is 5.16 Å². The van der Waals surface area contributed by atoms with Crippen molar-refractivity contribution in [3.63, 3.8) is 0 Å². The lowest BCUT2D eigenvalue weighted by atomic mass is 10.1. The van der Waals surface area contributed by atoms with Crippen molar-refractivity contribution in [1.82, 2.24) is 0 Å². The second-order valence-electron chi connectivity index (χ2n) is 3.81. The van der Waals surface area contributed by atoms with Gasteiger partial charge < -0.3 is 15.8 Å². The van der Waals surface area contributed by atoms with Gasteiger partial charge in [0.1, 0.15) is 5.82 Å². The summed E-state index contributed by atoms with van der Waals surface area (Å²) in [6.07, 6.45) is 0. The zero-order valence-electron chi connectivity index (χ0n) is 10.3. The summed E-state index contributed by atoms with van der Waals surface area (Å²) < 4.78 is 12.8. The molecule has 1 rings (SSSR count). The largest absolute Gasteiger partial charge is 0.409 e. The van der Waals surface area contributed by atoms with Crippen LogP contribution >= 0.6 is 0 Å². The molecule has 1 aromatic carbocycles. The number of anilines is 1. The van der Waals surface area contributed by atoms with Crippen molar-refractivity contribution in [2.24, 2.45) is 16.8 Å². The van der Waals surface area contributed by atoms with Gasteiger partial charge in [-0.1, -0.05) is 5.16 Å². The first kappa shape index (κ1) is 14.0. The molecule has 1 atom stereocenters. The predicted molar refractivity (Wildman–Crippen MR) is 67.0 cm³/mol. The highest BCUT2D eigenvalue weighted by Crippen LogP contribution is 2.17. The Morgan fingerprint density at radius 1 is 1.50 bits per heavy atom. The molecule has 5 nitrogen and oxygen atoms in total. The molecule has 0 bridgehead atoms. The van der Waals surface area contributed by atoms with E-state index in [1.807, 2.05) is 0 Å². The number of carbonyl (C=O) groups excluding carboxylic acids is 1. The van der Waals surface area contributed by atoms with Crippen LogP contribution in [0.25, 0.3) is 0 Å². The van der Waals surface area contributed by atoms with Gasteiger partial charge in [-0.25, -0.2) is 4.39 Å². The standard InChI is InChI=1S/C12H16FN3O2/c1-3-16(10-6-4-9(13)5-7-10)12(17)8(2)11(14)15-18/h4-8,18H,3H2,1-2H3,(H2,14,15). The molecule has 6 heteroatoms. The highest BCUT2D eigenvalue weighted by Gasteiger charge is 2.23. The van der Waals surface area contributed by atoms with E-state index in [0.29, 0.717) is 12.2 Å². The summed E-state index contributed by atoms with van der Waals surface area (Å²) in [5.41, 5.74) is 5.98. The van der Waals surface area contributed by atoms with Crippen LogP contribution < -0.4 is 10.6 Å². The summed E-state index contributed by atoms with van der Waals surface area (Å²) in [5, 5.41) is 11.4. The van der Waals surface area contributed by atoms with Gasteiger partial charge in [-0.05, 0) is 38.1 Å². The number of rotatable bonds is 4. The Hall–Kier alpha value is -2.11. The van der Waals surface area contributed by atoms with E-state index in [1.165, 1.54) is 29.2 Å². The molecule has 0 aliphatic rings. The first-order valence-electron chi connectivity index (χ1n) is 5.55. The number of oxime groups is 1. The molecular formula is C12H16FN3O2. The highest BCUT2D eigenvalue weighted by molar-refractivity contribution is 6.08. The summed E-state index contributed by atoms with van der Waals surface area (Å²) >= 11 is 0. The monoisotopic (exact) mass is 253 g/mol. The maximum atomic E-state index is 12.8. The number of benzene rings is 1. The van der Waals surface area contributed by atoms with Crippen molar-refractivity contribution in [1.29, 1.82) is 0 Å². The lowest BCUT2D eigenvalue weighted by Gasteiger charge is -2.24. The van der Waals surface area contributed by atoms with Crippen LogP contribution in [0, 0.1) is 11.7 Å². The van der Waals surface area contributed by atoms with Gasteiger partial charge >= 0.3 is 0 Å². The fourth-order valence-corrected chi connectivity index (χ4v) is 1.53. The topological polar surface area (TPSA) is 78.9 Å². The Morgan fingerprint density at radius 2 is 2.06 bits per heavy atom. The SMILES string of the molecule is CCN(C(=O)C(C)C(N)=NO)c1ccc(F)cc1. The molecule has 0 aliphatic heterocycles. The fraction of sp³-hybridized carbons (Fsp3) is 0.333. The zero-order valence-corrected chi connectivity index (χ0v) is 10.3. The van der Waals surface area contributed by atoms with Crippen LogP contribution in [0.1, 0.15) is 13.8 Å². The first-order chi connectivity index (χ1) is 8.51. The van der Waals surface area contributed by atoms with Crippen molar-refractivity contribution in [2.75, 3.05) is 11.4 Å². The minimum atomic E-state index is -0.736. The lowest BCUT2D eigenvalue weighted by Crippen LogP contribution is -2.40. The third-order valence-electron chi connectivity index (χ3n) is 2.65. The summed E-state index contributed by atoms with van der Waals surface area (Å²) in [5.74, 6) is -1.56. The summed E-state index contributed by atoms with van der Waals surface area (Å²) in [4.78, 5) is 13.6. The lowest BCUT2D eigenvalue weighted by molar-refractivity contribution is -0.120. The molecule has 18 heavy (non-hydrogen) atoms. The highest BCUT2D eigenvalue weighted by atomic mass is 19.1. The third-order valence-corrected chi connectivity index (χ3v) is 2.65. The second-order valence-corrected chi connectivity index (χ2v) is 3.81. The van der Waals surface area contributed by atoms with Crippen LogP contribution in [0.5, 0.6) is 0 Å². The maximum absolute atomic E-state index is 12.8. The normalized spacial score (nSPS) is 13.2. The van der Waals surface area contributed by atoms with Crippen LogP contribution in [0.3, 0.4) is 0 Å². The van der Waals surface area contributed by atoms with Gasteiger partial charge in [0.05, 0.1) is 5.92 Å². The molecule has 0 radical (unpaired) electrons. The second kappa shape index (κ2) is 6.00. The van der Waals surface area contributed by atoms with Crippen molar-refractivity contribution in [3.05, 3.63) is 30.1 Å². The Morgan fingerprint density at radius 3 is 2.50 bits per heavy atom. The minimum absolute atomic E-state index is 0.152. The van der Waals surface area contributed by atoms with Crippen molar-refractivity contribution < 1.29 is 14.4 Å². The molecule has 0 saturated heterocycles. The molecule has 0 saturated carbocycles. The van der Waals surface area contributed by atoms with Gasteiger partial charge in [0.25, 0.3) is 0 Å². The fourth-order valence-electron chi connectivity index (χ4n) is 1.53. The van der Waals surface area contributed by atoms with Gasteiger partial charge in [0.2, 0.25) is 5.91 Å². The molecule has 1 unspecified atom stereocenters. The average Bonchev–Trinajstić information content (AvgIpc) is 2.39. The van der Waals surface area contributed by atoms with Crippen LogP contribution in [-0.4, -0.2) is 23.5 Å². The number of nitrogens with zero attached hydrogens (tertiary/aromatic N) is 2.